The van der Waals surface area contributed by atoms with Gasteiger partial charge in [0.05, 0.1) is 6.21 Å². The number of nitrogens with zero attached hydrogens (tertiary/aromatic N) is 1. The summed E-state index contributed by atoms with van der Waals surface area (Å²) < 4.78 is 0.907. The van der Waals surface area contributed by atoms with E-state index in [4.69, 9.17) is 0 Å². The molecule has 0 spiro atoms. The van der Waals surface area contributed by atoms with Crippen molar-refractivity contribution in [3.8, 4) is 0 Å². The lowest BCUT2D eigenvalue weighted by atomic mass is 10.1. The van der Waals surface area contributed by atoms with Gasteiger partial charge < -0.3 is 5.32 Å². The van der Waals surface area contributed by atoms with Crippen molar-refractivity contribution in [2.75, 3.05) is 5.32 Å². The first-order valence-corrected chi connectivity index (χ1v) is 9.37. The van der Waals surface area contributed by atoms with E-state index in [9.17, 15) is 9.59 Å². The molecular formula is C22H18BrN3O2. The third-order valence-electron chi connectivity index (χ3n) is 3.97. The van der Waals surface area contributed by atoms with Crippen molar-refractivity contribution in [1.29, 1.82) is 0 Å². The normalized spacial score (nSPS) is 10.6. The summed E-state index contributed by atoms with van der Waals surface area (Å²) in [5.41, 5.74) is 6.16. The van der Waals surface area contributed by atoms with Gasteiger partial charge in [-0.1, -0.05) is 45.8 Å². The summed E-state index contributed by atoms with van der Waals surface area (Å²) in [6, 6.07) is 21.5. The van der Waals surface area contributed by atoms with Crippen molar-refractivity contribution in [3.05, 3.63) is 99.5 Å². The number of aryl methyl sites for hydroxylation is 1. The number of carbonyl (C=O) groups is 2. The molecule has 28 heavy (non-hydrogen) atoms. The molecule has 0 aliphatic carbocycles. The maximum Gasteiger partial charge on any atom is 0.271 e. The zero-order chi connectivity index (χ0) is 19.9. The third kappa shape index (κ3) is 5.37. The van der Waals surface area contributed by atoms with Gasteiger partial charge in [-0.3, -0.25) is 9.59 Å². The van der Waals surface area contributed by atoms with Gasteiger partial charge in [0.25, 0.3) is 11.8 Å². The second kappa shape index (κ2) is 9.10. The van der Waals surface area contributed by atoms with Gasteiger partial charge in [0, 0.05) is 21.3 Å². The lowest BCUT2D eigenvalue weighted by Gasteiger charge is -2.06. The standard InChI is InChI=1S/C22H18BrN3O2/c1-15-2-4-16(5-3-15)14-24-26-22(28)18-8-12-20(13-9-18)25-21(27)17-6-10-19(23)11-7-17/h2-14H,1H3,(H,25,27)(H,26,28)/b24-14-. The fourth-order valence-corrected chi connectivity index (χ4v) is 2.66. The maximum absolute atomic E-state index is 12.2. The first kappa shape index (κ1) is 19.5. The quantitative estimate of drug-likeness (QED) is 0.447. The lowest BCUT2D eigenvalue weighted by Crippen LogP contribution is -2.17. The van der Waals surface area contributed by atoms with E-state index in [1.54, 1.807) is 54.7 Å². The van der Waals surface area contributed by atoms with Crippen molar-refractivity contribution in [3.63, 3.8) is 0 Å². The Labute approximate surface area is 171 Å². The maximum atomic E-state index is 12.2. The minimum atomic E-state index is -0.325. The van der Waals surface area contributed by atoms with Crippen LogP contribution in [0.5, 0.6) is 0 Å². The average molecular weight is 436 g/mol. The molecule has 0 aromatic heterocycles. The Morgan fingerprint density at radius 1 is 0.821 bits per heavy atom. The van der Waals surface area contributed by atoms with Crippen LogP contribution >= 0.6 is 15.9 Å². The fourth-order valence-electron chi connectivity index (χ4n) is 2.39. The van der Waals surface area contributed by atoms with Crippen molar-refractivity contribution in [2.24, 2.45) is 5.10 Å². The van der Waals surface area contributed by atoms with Crippen LogP contribution in [0.3, 0.4) is 0 Å². The van der Waals surface area contributed by atoms with E-state index in [0.29, 0.717) is 16.8 Å². The second-order valence-electron chi connectivity index (χ2n) is 6.15. The smallest absolute Gasteiger partial charge is 0.271 e. The van der Waals surface area contributed by atoms with Crippen LogP contribution < -0.4 is 10.7 Å². The third-order valence-corrected chi connectivity index (χ3v) is 4.50. The summed E-state index contributed by atoms with van der Waals surface area (Å²) in [6.45, 7) is 2.01. The van der Waals surface area contributed by atoms with E-state index in [1.807, 2.05) is 31.2 Å². The van der Waals surface area contributed by atoms with Crippen LogP contribution in [0, 0.1) is 6.92 Å². The molecule has 0 aliphatic heterocycles. The molecule has 2 N–H and O–H groups in total. The Morgan fingerprint density at radius 2 is 1.39 bits per heavy atom. The highest BCUT2D eigenvalue weighted by molar-refractivity contribution is 9.10. The molecule has 3 rings (SSSR count). The van der Waals surface area contributed by atoms with E-state index in [2.05, 4.69) is 31.8 Å². The number of benzene rings is 3. The molecule has 0 saturated carbocycles. The number of hydrogen-bond donors (Lipinski definition) is 2. The van der Waals surface area contributed by atoms with Gasteiger partial charge in [0.15, 0.2) is 0 Å². The Kier molecular flexibility index (Phi) is 6.34. The average Bonchev–Trinajstić information content (AvgIpc) is 2.70. The first-order valence-electron chi connectivity index (χ1n) is 8.58. The minimum Gasteiger partial charge on any atom is -0.322 e. The van der Waals surface area contributed by atoms with Crippen LogP contribution in [0.25, 0.3) is 0 Å². The molecule has 3 aromatic rings. The number of amides is 2. The number of hydrazone groups is 1. The van der Waals surface area contributed by atoms with Gasteiger partial charge in [-0.15, -0.1) is 0 Å². The Balaban J connectivity index is 1.57. The number of halogens is 1. The second-order valence-corrected chi connectivity index (χ2v) is 7.06. The monoisotopic (exact) mass is 435 g/mol. The van der Waals surface area contributed by atoms with Crippen molar-refractivity contribution < 1.29 is 9.59 Å². The molecule has 0 fully saturated rings. The minimum absolute atomic E-state index is 0.215. The van der Waals surface area contributed by atoms with Gasteiger partial charge in [0.1, 0.15) is 0 Å². The van der Waals surface area contributed by atoms with Gasteiger partial charge >= 0.3 is 0 Å². The molecule has 0 bridgehead atoms. The molecule has 0 radical (unpaired) electrons. The van der Waals surface area contributed by atoms with Crippen LogP contribution in [-0.2, 0) is 0 Å². The SMILES string of the molecule is Cc1ccc(/C=N\NC(=O)c2ccc(NC(=O)c3ccc(Br)cc3)cc2)cc1. The van der Waals surface area contributed by atoms with Gasteiger partial charge in [-0.2, -0.15) is 5.10 Å². The lowest BCUT2D eigenvalue weighted by molar-refractivity contribution is 0.0954. The summed E-state index contributed by atoms with van der Waals surface area (Å²) in [7, 11) is 0. The highest BCUT2D eigenvalue weighted by Gasteiger charge is 2.08. The Hall–Kier alpha value is -3.25. The number of rotatable bonds is 5. The number of hydrogen-bond acceptors (Lipinski definition) is 3. The molecule has 2 amide bonds. The van der Waals surface area contributed by atoms with Crippen LogP contribution in [-0.4, -0.2) is 18.0 Å². The molecule has 3 aromatic carbocycles. The van der Waals surface area contributed by atoms with E-state index in [-0.39, 0.29) is 11.8 Å². The zero-order valence-corrected chi connectivity index (χ0v) is 16.7. The summed E-state index contributed by atoms with van der Waals surface area (Å²) in [4.78, 5) is 24.4. The fraction of sp³-hybridized carbons (Fsp3) is 0.0455. The predicted molar refractivity (Wildman–Crippen MR) is 115 cm³/mol. The summed E-state index contributed by atoms with van der Waals surface area (Å²) in [5, 5.41) is 6.76. The Bertz CT molecular complexity index is 995. The molecule has 6 heteroatoms. The van der Waals surface area contributed by atoms with Crippen molar-refractivity contribution in [1.82, 2.24) is 5.43 Å². The van der Waals surface area contributed by atoms with E-state index in [1.165, 1.54) is 0 Å². The number of carbonyl (C=O) groups excluding carboxylic acids is 2. The molecule has 140 valence electrons. The molecule has 0 atom stereocenters. The van der Waals surface area contributed by atoms with Crippen molar-refractivity contribution >= 4 is 39.6 Å². The van der Waals surface area contributed by atoms with Gasteiger partial charge in [-0.05, 0) is 61.0 Å². The predicted octanol–water partition coefficient (Wildman–Crippen LogP) is 4.77. The molecule has 0 unspecified atom stereocenters. The number of nitrogens with one attached hydrogen (secondary N) is 2. The topological polar surface area (TPSA) is 70.6 Å². The van der Waals surface area contributed by atoms with Crippen molar-refractivity contribution in [2.45, 2.75) is 6.92 Å². The highest BCUT2D eigenvalue weighted by Crippen LogP contribution is 2.14. The van der Waals surface area contributed by atoms with Gasteiger partial charge in [0.2, 0.25) is 0 Å². The molecular weight excluding hydrogens is 418 g/mol. The summed E-state index contributed by atoms with van der Waals surface area (Å²) >= 11 is 3.34. The molecule has 5 nitrogen and oxygen atoms in total. The summed E-state index contributed by atoms with van der Waals surface area (Å²) in [5.74, 6) is -0.540. The van der Waals surface area contributed by atoms with Crippen LogP contribution in [0.15, 0.2) is 82.4 Å². The van der Waals surface area contributed by atoms with Crippen LogP contribution in [0.4, 0.5) is 5.69 Å². The number of anilines is 1. The Morgan fingerprint density at radius 3 is 2.04 bits per heavy atom. The van der Waals surface area contributed by atoms with Crippen LogP contribution in [0.1, 0.15) is 31.8 Å². The van der Waals surface area contributed by atoms with E-state index in [0.717, 1.165) is 15.6 Å². The van der Waals surface area contributed by atoms with Gasteiger partial charge in [-0.25, -0.2) is 5.43 Å². The molecule has 0 heterocycles. The zero-order valence-electron chi connectivity index (χ0n) is 15.1. The largest absolute Gasteiger partial charge is 0.322 e. The molecule has 0 aliphatic rings. The highest BCUT2D eigenvalue weighted by atomic mass is 79.9. The molecule has 0 saturated heterocycles. The van der Waals surface area contributed by atoms with Crippen LogP contribution in [0.2, 0.25) is 0 Å². The van der Waals surface area contributed by atoms with E-state index >= 15 is 0 Å². The van der Waals surface area contributed by atoms with E-state index < -0.39 is 0 Å². The summed E-state index contributed by atoms with van der Waals surface area (Å²) in [6.07, 6.45) is 1.59. The first-order chi connectivity index (χ1) is 13.5.